The Morgan fingerprint density at radius 3 is 2.92 bits per heavy atom. The van der Waals surface area contributed by atoms with Crippen molar-refractivity contribution in [3.63, 3.8) is 0 Å². The Morgan fingerprint density at radius 2 is 2.46 bits per heavy atom. The summed E-state index contributed by atoms with van der Waals surface area (Å²) in [6.45, 7) is 2.05. The van der Waals surface area contributed by atoms with E-state index in [9.17, 15) is 4.79 Å². The summed E-state index contributed by atoms with van der Waals surface area (Å²) in [6.07, 6.45) is 1.51. The first kappa shape index (κ1) is 10.0. The molecule has 0 saturated heterocycles. The van der Waals surface area contributed by atoms with Gasteiger partial charge in [-0.25, -0.2) is 10.8 Å². The number of rotatable bonds is 3. The summed E-state index contributed by atoms with van der Waals surface area (Å²) >= 11 is 1.63. The van der Waals surface area contributed by atoms with Crippen molar-refractivity contribution in [3.05, 3.63) is 23.9 Å². The lowest BCUT2D eigenvalue weighted by Gasteiger charge is -2.00. The number of amides is 1. The molecule has 0 saturated carbocycles. The predicted molar refractivity (Wildman–Crippen MR) is 52.3 cm³/mol. The summed E-state index contributed by atoms with van der Waals surface area (Å²) in [5, 5.41) is 0.913. The molecule has 1 heterocycles. The van der Waals surface area contributed by atoms with Gasteiger partial charge in [0.25, 0.3) is 5.91 Å². The Kier molecular flexibility index (Phi) is 3.72. The fourth-order valence-electron chi connectivity index (χ4n) is 0.831. The van der Waals surface area contributed by atoms with Gasteiger partial charge in [0.15, 0.2) is 0 Å². The second-order valence-corrected chi connectivity index (χ2v) is 3.58. The van der Waals surface area contributed by atoms with Crippen LogP contribution in [0.5, 0.6) is 0 Å². The van der Waals surface area contributed by atoms with Gasteiger partial charge in [0, 0.05) is 6.20 Å². The molecule has 1 amide bonds. The van der Waals surface area contributed by atoms with Gasteiger partial charge >= 0.3 is 0 Å². The van der Waals surface area contributed by atoms with Crippen LogP contribution in [0.4, 0.5) is 0 Å². The van der Waals surface area contributed by atoms with Gasteiger partial charge in [0.1, 0.15) is 0 Å². The number of nitrogens with zero attached hydrogens (tertiary/aromatic N) is 1. The van der Waals surface area contributed by atoms with Crippen molar-refractivity contribution < 1.29 is 4.79 Å². The summed E-state index contributed by atoms with van der Waals surface area (Å²) in [7, 11) is 0. The second-order valence-electron chi connectivity index (χ2n) is 2.29. The number of nitrogens with one attached hydrogen (secondary N) is 1. The summed E-state index contributed by atoms with van der Waals surface area (Å²) in [5.74, 6) is 5.62. The highest BCUT2D eigenvalue weighted by atomic mass is 32.2. The SMILES string of the molecule is CCSc1ccc(C(=O)NN)cn1. The Bertz CT molecular complexity index is 286. The zero-order valence-electron chi connectivity index (χ0n) is 7.28. The smallest absolute Gasteiger partial charge is 0.266 e. The molecule has 0 radical (unpaired) electrons. The number of hydrogen-bond donors (Lipinski definition) is 2. The van der Waals surface area contributed by atoms with Crippen molar-refractivity contribution in [3.8, 4) is 0 Å². The van der Waals surface area contributed by atoms with Crippen LogP contribution in [-0.4, -0.2) is 16.6 Å². The highest BCUT2D eigenvalue weighted by Gasteiger charge is 2.02. The van der Waals surface area contributed by atoms with Crippen LogP contribution in [0.2, 0.25) is 0 Å². The quantitative estimate of drug-likeness (QED) is 0.325. The van der Waals surface area contributed by atoms with E-state index in [0.717, 1.165) is 10.8 Å². The lowest BCUT2D eigenvalue weighted by atomic mass is 10.3. The molecule has 4 nitrogen and oxygen atoms in total. The molecule has 0 unspecified atom stereocenters. The van der Waals surface area contributed by atoms with E-state index in [2.05, 4.69) is 4.98 Å². The Morgan fingerprint density at radius 1 is 1.69 bits per heavy atom. The Balaban J connectivity index is 2.75. The number of carbonyl (C=O) groups is 1. The summed E-state index contributed by atoms with van der Waals surface area (Å²) in [5.41, 5.74) is 2.52. The van der Waals surface area contributed by atoms with Gasteiger partial charge in [0.2, 0.25) is 0 Å². The monoisotopic (exact) mass is 197 g/mol. The van der Waals surface area contributed by atoms with E-state index in [1.807, 2.05) is 12.3 Å². The number of hydrogen-bond acceptors (Lipinski definition) is 4. The molecule has 70 valence electrons. The van der Waals surface area contributed by atoms with Crippen molar-refractivity contribution in [1.29, 1.82) is 0 Å². The maximum absolute atomic E-state index is 11.0. The van der Waals surface area contributed by atoms with E-state index in [1.165, 1.54) is 6.20 Å². The second kappa shape index (κ2) is 4.84. The van der Waals surface area contributed by atoms with Gasteiger partial charge in [0.05, 0.1) is 10.6 Å². The van der Waals surface area contributed by atoms with E-state index in [4.69, 9.17) is 5.84 Å². The topological polar surface area (TPSA) is 68.0 Å². The van der Waals surface area contributed by atoms with Crippen molar-refractivity contribution in [1.82, 2.24) is 10.4 Å². The number of aromatic nitrogens is 1. The lowest BCUT2D eigenvalue weighted by molar-refractivity contribution is 0.0953. The Labute approximate surface area is 80.9 Å². The average molecular weight is 197 g/mol. The minimum Gasteiger partial charge on any atom is -0.290 e. The molecular formula is C8H11N3OS. The zero-order chi connectivity index (χ0) is 9.68. The van der Waals surface area contributed by atoms with Crippen LogP contribution in [0, 0.1) is 0 Å². The van der Waals surface area contributed by atoms with Gasteiger partial charge < -0.3 is 0 Å². The molecule has 3 N–H and O–H groups in total. The van der Waals surface area contributed by atoms with Crippen LogP contribution in [-0.2, 0) is 0 Å². The van der Waals surface area contributed by atoms with Gasteiger partial charge in [-0.1, -0.05) is 6.92 Å². The number of pyridine rings is 1. The van der Waals surface area contributed by atoms with Crippen molar-refractivity contribution in [2.24, 2.45) is 5.84 Å². The molecule has 0 aliphatic carbocycles. The molecule has 1 aromatic rings. The summed E-state index contributed by atoms with van der Waals surface area (Å²) in [4.78, 5) is 15.1. The van der Waals surface area contributed by atoms with Gasteiger partial charge in [-0.3, -0.25) is 10.2 Å². The first-order valence-electron chi connectivity index (χ1n) is 3.87. The van der Waals surface area contributed by atoms with E-state index < -0.39 is 0 Å². The number of thioether (sulfide) groups is 1. The molecule has 13 heavy (non-hydrogen) atoms. The molecule has 0 atom stereocenters. The van der Waals surface area contributed by atoms with E-state index in [0.29, 0.717) is 5.56 Å². The maximum Gasteiger partial charge on any atom is 0.266 e. The van der Waals surface area contributed by atoms with Crippen LogP contribution in [0.15, 0.2) is 23.4 Å². The standard InChI is InChI=1S/C8H11N3OS/c1-2-13-7-4-3-6(5-10-7)8(12)11-9/h3-5H,2,9H2,1H3,(H,11,12). The molecule has 1 aromatic heterocycles. The first-order chi connectivity index (χ1) is 6.27. The molecule has 0 spiro atoms. The fraction of sp³-hybridized carbons (Fsp3) is 0.250. The highest BCUT2D eigenvalue weighted by Crippen LogP contribution is 2.13. The lowest BCUT2D eigenvalue weighted by Crippen LogP contribution is -2.29. The molecule has 0 aliphatic rings. The number of nitrogen functional groups attached to an aromatic ring is 1. The van der Waals surface area contributed by atoms with Gasteiger partial charge in [-0.15, -0.1) is 11.8 Å². The van der Waals surface area contributed by atoms with Crippen molar-refractivity contribution >= 4 is 17.7 Å². The van der Waals surface area contributed by atoms with Crippen LogP contribution >= 0.6 is 11.8 Å². The van der Waals surface area contributed by atoms with E-state index >= 15 is 0 Å². The predicted octanol–water partition coefficient (Wildman–Crippen LogP) is 0.797. The molecule has 0 bridgehead atoms. The third-order valence-corrected chi connectivity index (χ3v) is 2.25. The largest absolute Gasteiger partial charge is 0.290 e. The number of nitrogens with two attached hydrogens (primary N) is 1. The maximum atomic E-state index is 11.0. The molecule has 0 fully saturated rings. The molecule has 1 rings (SSSR count). The normalized spacial score (nSPS) is 9.69. The highest BCUT2D eigenvalue weighted by molar-refractivity contribution is 7.99. The minimum atomic E-state index is -0.319. The Hall–Kier alpha value is -1.07. The molecule has 0 aliphatic heterocycles. The summed E-state index contributed by atoms with van der Waals surface area (Å²) in [6, 6.07) is 3.51. The van der Waals surface area contributed by atoms with Crippen LogP contribution < -0.4 is 11.3 Å². The first-order valence-corrected chi connectivity index (χ1v) is 4.86. The third-order valence-electron chi connectivity index (χ3n) is 1.42. The minimum absolute atomic E-state index is 0.319. The van der Waals surface area contributed by atoms with Crippen LogP contribution in [0.25, 0.3) is 0 Å². The van der Waals surface area contributed by atoms with Crippen LogP contribution in [0.1, 0.15) is 17.3 Å². The van der Waals surface area contributed by atoms with Gasteiger partial charge in [-0.2, -0.15) is 0 Å². The zero-order valence-corrected chi connectivity index (χ0v) is 8.10. The number of carbonyl (C=O) groups excluding carboxylic acids is 1. The molecule has 0 aromatic carbocycles. The number of hydrazine groups is 1. The van der Waals surface area contributed by atoms with Gasteiger partial charge in [-0.05, 0) is 17.9 Å². The summed E-state index contributed by atoms with van der Waals surface area (Å²) < 4.78 is 0. The van der Waals surface area contributed by atoms with Crippen LogP contribution in [0.3, 0.4) is 0 Å². The average Bonchev–Trinajstić information content (AvgIpc) is 2.18. The van der Waals surface area contributed by atoms with E-state index in [-0.39, 0.29) is 5.91 Å². The molecule has 5 heteroatoms. The molecular weight excluding hydrogens is 186 g/mol. The van der Waals surface area contributed by atoms with Crippen molar-refractivity contribution in [2.75, 3.05) is 5.75 Å². The van der Waals surface area contributed by atoms with Crippen molar-refractivity contribution in [2.45, 2.75) is 11.9 Å². The third kappa shape index (κ3) is 2.71. The fourth-order valence-corrected chi connectivity index (χ4v) is 1.42. The van der Waals surface area contributed by atoms with E-state index in [1.54, 1.807) is 23.9 Å².